The predicted octanol–water partition coefficient (Wildman–Crippen LogP) is 2.01. The highest BCUT2D eigenvalue weighted by Crippen LogP contribution is 2.18. The lowest BCUT2D eigenvalue weighted by Crippen LogP contribution is -2.38. The van der Waals surface area contributed by atoms with Crippen molar-refractivity contribution in [2.75, 3.05) is 18.9 Å². The zero-order valence-corrected chi connectivity index (χ0v) is 11.9. The van der Waals surface area contributed by atoms with E-state index in [0.717, 1.165) is 18.0 Å². The quantitative estimate of drug-likeness (QED) is 0.577. The van der Waals surface area contributed by atoms with Crippen LogP contribution < -0.4 is 5.32 Å². The summed E-state index contributed by atoms with van der Waals surface area (Å²) < 4.78 is 10.2. The third kappa shape index (κ3) is 5.10. The van der Waals surface area contributed by atoms with Gasteiger partial charge in [-0.3, -0.25) is 4.79 Å². The van der Waals surface area contributed by atoms with Gasteiger partial charge in [-0.25, -0.2) is 4.98 Å². The van der Waals surface area contributed by atoms with E-state index >= 15 is 0 Å². The van der Waals surface area contributed by atoms with E-state index in [9.17, 15) is 4.79 Å². The van der Waals surface area contributed by atoms with Gasteiger partial charge in [-0.2, -0.15) is 0 Å². The van der Waals surface area contributed by atoms with Crippen LogP contribution in [0.1, 0.15) is 26.0 Å². The SMILES string of the molecule is CCNC(CCSc1nc(C)co1)C(=O)OCC. The molecule has 0 amide bonds. The standard InChI is InChI=1S/C12H20N2O3S/c1-4-13-10(11(15)16-5-2)6-7-18-12-14-9(3)8-17-12/h8,10,13H,4-7H2,1-3H3. The van der Waals surface area contributed by atoms with Crippen molar-refractivity contribution in [3.63, 3.8) is 0 Å². The van der Waals surface area contributed by atoms with Gasteiger partial charge in [0, 0.05) is 5.75 Å². The van der Waals surface area contributed by atoms with Gasteiger partial charge in [-0.1, -0.05) is 18.7 Å². The van der Waals surface area contributed by atoms with Crippen molar-refractivity contribution < 1.29 is 13.9 Å². The second-order valence-electron chi connectivity index (χ2n) is 3.75. The highest BCUT2D eigenvalue weighted by atomic mass is 32.2. The molecule has 1 atom stereocenters. The molecule has 0 saturated carbocycles. The van der Waals surface area contributed by atoms with Crippen LogP contribution in [-0.2, 0) is 9.53 Å². The average Bonchev–Trinajstić information content (AvgIpc) is 2.74. The van der Waals surface area contributed by atoms with E-state index in [1.807, 2.05) is 20.8 Å². The van der Waals surface area contributed by atoms with Crippen molar-refractivity contribution in [2.24, 2.45) is 0 Å². The predicted molar refractivity (Wildman–Crippen MR) is 70.7 cm³/mol. The van der Waals surface area contributed by atoms with Crippen LogP contribution in [0.5, 0.6) is 0 Å². The molecule has 1 N–H and O–H groups in total. The molecule has 0 spiro atoms. The van der Waals surface area contributed by atoms with Gasteiger partial charge in [0.2, 0.25) is 0 Å². The minimum atomic E-state index is -0.251. The number of hydrogen-bond acceptors (Lipinski definition) is 6. The number of aryl methyl sites for hydroxylation is 1. The Morgan fingerprint density at radius 2 is 2.39 bits per heavy atom. The average molecular weight is 272 g/mol. The molecule has 1 aromatic heterocycles. The molecule has 1 aromatic rings. The molecule has 0 radical (unpaired) electrons. The summed E-state index contributed by atoms with van der Waals surface area (Å²) in [5.41, 5.74) is 0.867. The minimum Gasteiger partial charge on any atom is -0.465 e. The molecule has 5 nitrogen and oxygen atoms in total. The first-order valence-corrected chi connectivity index (χ1v) is 7.10. The molecule has 1 heterocycles. The van der Waals surface area contributed by atoms with Crippen molar-refractivity contribution in [2.45, 2.75) is 38.5 Å². The van der Waals surface area contributed by atoms with Crippen LogP contribution >= 0.6 is 11.8 Å². The monoisotopic (exact) mass is 272 g/mol. The number of carbonyl (C=O) groups is 1. The fourth-order valence-electron chi connectivity index (χ4n) is 1.46. The number of nitrogens with one attached hydrogen (secondary N) is 1. The zero-order valence-electron chi connectivity index (χ0n) is 11.1. The molecule has 1 rings (SSSR count). The molecular weight excluding hydrogens is 252 g/mol. The highest BCUT2D eigenvalue weighted by Gasteiger charge is 2.18. The van der Waals surface area contributed by atoms with E-state index in [-0.39, 0.29) is 12.0 Å². The van der Waals surface area contributed by atoms with E-state index < -0.39 is 0 Å². The first-order valence-electron chi connectivity index (χ1n) is 6.12. The summed E-state index contributed by atoms with van der Waals surface area (Å²) in [5, 5.41) is 3.76. The van der Waals surface area contributed by atoms with Gasteiger partial charge in [-0.05, 0) is 26.8 Å². The Kier molecular flexibility index (Phi) is 6.82. The summed E-state index contributed by atoms with van der Waals surface area (Å²) in [4.78, 5) is 15.8. The van der Waals surface area contributed by atoms with Gasteiger partial charge >= 0.3 is 5.97 Å². The molecule has 0 aromatic carbocycles. The Bertz CT molecular complexity index is 368. The molecule has 0 saturated heterocycles. The van der Waals surface area contributed by atoms with E-state index in [1.54, 1.807) is 6.26 Å². The lowest BCUT2D eigenvalue weighted by atomic mass is 10.2. The maximum absolute atomic E-state index is 11.6. The number of rotatable bonds is 8. The van der Waals surface area contributed by atoms with Crippen LogP contribution in [0.25, 0.3) is 0 Å². The topological polar surface area (TPSA) is 64.4 Å². The molecule has 0 aliphatic rings. The summed E-state index contributed by atoms with van der Waals surface area (Å²) in [6, 6.07) is -0.251. The van der Waals surface area contributed by atoms with Crippen LogP contribution in [0, 0.1) is 6.92 Å². The molecule has 1 unspecified atom stereocenters. The Hall–Kier alpha value is -1.01. The fraction of sp³-hybridized carbons (Fsp3) is 0.667. The number of oxazole rings is 1. The number of hydrogen-bond donors (Lipinski definition) is 1. The lowest BCUT2D eigenvalue weighted by Gasteiger charge is -2.15. The molecule has 0 aliphatic carbocycles. The van der Waals surface area contributed by atoms with Crippen LogP contribution in [0.15, 0.2) is 15.9 Å². The van der Waals surface area contributed by atoms with E-state index in [0.29, 0.717) is 18.3 Å². The smallest absolute Gasteiger partial charge is 0.323 e. The van der Waals surface area contributed by atoms with Gasteiger partial charge in [0.15, 0.2) is 0 Å². The number of likely N-dealkylation sites (N-methyl/N-ethyl adjacent to an activating group) is 1. The number of aromatic nitrogens is 1. The van der Waals surface area contributed by atoms with E-state index in [2.05, 4.69) is 10.3 Å². The van der Waals surface area contributed by atoms with Gasteiger partial charge in [0.1, 0.15) is 12.3 Å². The molecular formula is C12H20N2O3S. The van der Waals surface area contributed by atoms with Crippen LogP contribution in [0.3, 0.4) is 0 Å². The van der Waals surface area contributed by atoms with Crippen molar-refractivity contribution in [1.29, 1.82) is 0 Å². The molecule has 0 fully saturated rings. The summed E-state index contributed by atoms with van der Waals surface area (Å²) >= 11 is 1.51. The second kappa shape index (κ2) is 8.16. The second-order valence-corrected chi connectivity index (χ2v) is 4.80. The maximum Gasteiger partial charge on any atom is 0.323 e. The van der Waals surface area contributed by atoms with Gasteiger partial charge < -0.3 is 14.5 Å². The summed E-state index contributed by atoms with van der Waals surface area (Å²) in [6.45, 7) is 6.81. The largest absolute Gasteiger partial charge is 0.465 e. The number of ether oxygens (including phenoxy) is 1. The summed E-state index contributed by atoms with van der Waals surface area (Å²) in [5.74, 6) is 0.569. The Morgan fingerprint density at radius 3 is 2.94 bits per heavy atom. The Balaban J connectivity index is 2.35. The molecule has 0 aliphatic heterocycles. The molecule has 102 valence electrons. The van der Waals surface area contributed by atoms with Gasteiger partial charge in [0.05, 0.1) is 12.3 Å². The Morgan fingerprint density at radius 1 is 1.61 bits per heavy atom. The maximum atomic E-state index is 11.6. The van der Waals surface area contributed by atoms with Crippen molar-refractivity contribution >= 4 is 17.7 Å². The first-order chi connectivity index (χ1) is 8.67. The van der Waals surface area contributed by atoms with Gasteiger partial charge in [-0.15, -0.1) is 0 Å². The van der Waals surface area contributed by atoms with E-state index in [1.165, 1.54) is 11.8 Å². The van der Waals surface area contributed by atoms with Gasteiger partial charge in [0.25, 0.3) is 5.22 Å². The van der Waals surface area contributed by atoms with Crippen molar-refractivity contribution in [3.8, 4) is 0 Å². The third-order valence-electron chi connectivity index (χ3n) is 2.25. The third-order valence-corrected chi connectivity index (χ3v) is 3.13. The highest BCUT2D eigenvalue weighted by molar-refractivity contribution is 7.99. The summed E-state index contributed by atoms with van der Waals surface area (Å²) in [6.07, 6.45) is 2.31. The fourth-order valence-corrected chi connectivity index (χ4v) is 2.31. The Labute approximate surface area is 112 Å². The van der Waals surface area contributed by atoms with Crippen molar-refractivity contribution in [1.82, 2.24) is 10.3 Å². The van der Waals surface area contributed by atoms with E-state index in [4.69, 9.17) is 9.15 Å². The van der Waals surface area contributed by atoms with Crippen LogP contribution in [-0.4, -0.2) is 35.9 Å². The molecule has 18 heavy (non-hydrogen) atoms. The van der Waals surface area contributed by atoms with Crippen molar-refractivity contribution in [3.05, 3.63) is 12.0 Å². The normalized spacial score (nSPS) is 12.4. The zero-order chi connectivity index (χ0) is 13.4. The number of carbonyl (C=O) groups excluding carboxylic acids is 1. The molecule has 0 bridgehead atoms. The minimum absolute atomic E-state index is 0.191. The number of esters is 1. The van der Waals surface area contributed by atoms with Crippen LogP contribution in [0.2, 0.25) is 0 Å². The van der Waals surface area contributed by atoms with Crippen LogP contribution in [0.4, 0.5) is 0 Å². The number of thioether (sulfide) groups is 1. The molecule has 6 heteroatoms. The summed E-state index contributed by atoms with van der Waals surface area (Å²) in [7, 11) is 0. The lowest BCUT2D eigenvalue weighted by molar-refractivity contribution is -0.145. The first kappa shape index (κ1) is 15.0. The number of nitrogens with zero attached hydrogens (tertiary/aromatic N) is 1.